The molecule has 7 rings (SSSR count). The molecular formula is C20H23FN10O11P2S. The number of ether oxygens (including phenoxy) is 2. The van der Waals surface area contributed by atoms with E-state index in [4.69, 9.17) is 39.0 Å². The molecule has 2 bridgehead atoms. The molecule has 0 aromatic carbocycles. The molecular weight excluding hydrogens is 669 g/mol. The molecule has 0 amide bonds. The summed E-state index contributed by atoms with van der Waals surface area (Å²) in [5, 5.41) is 11.1. The molecule has 3 fully saturated rings. The SMILES string of the molecule is Nc1nc2c(ncn2[C@@H]2O[C@@H]3COP(=O)(O)OC4[C@@H](CO[P@](=O)(S)O[C@H]2C3O)O[C@@H](n2cnc3c(N)ncnc32)[C@H]4F)c(=O)[nH]1. The van der Waals surface area contributed by atoms with E-state index in [1.165, 1.54) is 15.5 Å². The zero-order valence-electron chi connectivity index (χ0n) is 22.3. The zero-order chi connectivity index (χ0) is 31.8. The quantitative estimate of drug-likeness (QED) is 0.115. The number of nitrogens with two attached hydrogens (primary N) is 2. The van der Waals surface area contributed by atoms with Crippen LogP contribution in [0.4, 0.5) is 16.2 Å². The van der Waals surface area contributed by atoms with Crippen LogP contribution < -0.4 is 17.0 Å². The van der Waals surface area contributed by atoms with Gasteiger partial charge in [-0.2, -0.15) is 4.98 Å². The van der Waals surface area contributed by atoms with Gasteiger partial charge in [-0.15, -0.1) is 0 Å². The summed E-state index contributed by atoms with van der Waals surface area (Å²) < 4.78 is 77.6. The van der Waals surface area contributed by atoms with E-state index in [1.807, 2.05) is 0 Å². The maximum Gasteiger partial charge on any atom is 0.472 e. The number of thiol groups is 1. The van der Waals surface area contributed by atoms with Crippen LogP contribution in [0.2, 0.25) is 0 Å². The summed E-state index contributed by atoms with van der Waals surface area (Å²) in [6.45, 7) is -6.00. The molecule has 7 N–H and O–H groups in total. The van der Waals surface area contributed by atoms with Crippen LogP contribution in [0.25, 0.3) is 22.3 Å². The van der Waals surface area contributed by atoms with Crippen LogP contribution in [0.15, 0.2) is 23.8 Å². The van der Waals surface area contributed by atoms with Gasteiger partial charge in [0, 0.05) is 0 Å². The number of hydrogen-bond acceptors (Lipinski definition) is 17. The number of hydrogen-bond donors (Lipinski definition) is 6. The number of aliphatic hydroxyl groups is 1. The number of aliphatic hydroxyl groups excluding tert-OH is 1. The fraction of sp³-hybridized carbons (Fsp3) is 0.500. The predicted molar refractivity (Wildman–Crippen MR) is 149 cm³/mol. The second-order valence-electron chi connectivity index (χ2n) is 10.1. The van der Waals surface area contributed by atoms with Gasteiger partial charge in [-0.1, -0.05) is 12.2 Å². The van der Waals surface area contributed by atoms with Gasteiger partial charge in [0.15, 0.2) is 41.3 Å². The van der Waals surface area contributed by atoms with Gasteiger partial charge in [-0.3, -0.25) is 37.0 Å². The molecule has 3 aliphatic heterocycles. The number of imidazole rings is 2. The molecule has 21 nitrogen and oxygen atoms in total. The van der Waals surface area contributed by atoms with E-state index in [1.54, 1.807) is 0 Å². The first-order valence-corrected chi connectivity index (χ1v) is 17.1. The monoisotopic (exact) mass is 692 g/mol. The lowest BCUT2D eigenvalue weighted by Gasteiger charge is -2.26. The van der Waals surface area contributed by atoms with Gasteiger partial charge in [0.2, 0.25) is 5.95 Å². The second kappa shape index (κ2) is 11.0. The van der Waals surface area contributed by atoms with Crippen molar-refractivity contribution >= 4 is 61.0 Å². The first kappa shape index (κ1) is 30.6. The van der Waals surface area contributed by atoms with Gasteiger partial charge in [0.1, 0.15) is 42.4 Å². The molecule has 4 aromatic heterocycles. The number of aromatic amines is 1. The molecule has 242 valence electrons. The highest BCUT2D eigenvalue weighted by molar-refractivity contribution is 8.44. The Bertz CT molecular complexity index is 1950. The number of nitrogen functional groups attached to an aromatic ring is 2. The largest absolute Gasteiger partial charge is 0.472 e. The van der Waals surface area contributed by atoms with Crippen molar-refractivity contribution in [2.24, 2.45) is 0 Å². The highest BCUT2D eigenvalue weighted by Gasteiger charge is 2.54. The van der Waals surface area contributed by atoms with Crippen molar-refractivity contribution in [3.05, 3.63) is 29.3 Å². The van der Waals surface area contributed by atoms with Crippen LogP contribution in [-0.2, 0) is 36.7 Å². The van der Waals surface area contributed by atoms with Crippen molar-refractivity contribution in [1.82, 2.24) is 39.0 Å². The van der Waals surface area contributed by atoms with Crippen LogP contribution in [0.1, 0.15) is 12.5 Å². The maximum absolute atomic E-state index is 15.9. The summed E-state index contributed by atoms with van der Waals surface area (Å²) in [5.74, 6) is -0.244. The number of H-pyrrole nitrogens is 1. The molecule has 3 aliphatic rings. The van der Waals surface area contributed by atoms with E-state index in [-0.39, 0.29) is 34.1 Å². The molecule has 45 heavy (non-hydrogen) atoms. The lowest BCUT2D eigenvalue weighted by Crippen LogP contribution is -2.35. The van der Waals surface area contributed by atoms with E-state index < -0.39 is 82.5 Å². The van der Waals surface area contributed by atoms with Gasteiger partial charge in [0.05, 0.1) is 25.9 Å². The Kier molecular flexibility index (Phi) is 7.49. The Morgan fingerprint density at radius 3 is 2.42 bits per heavy atom. The number of nitrogens with one attached hydrogen (secondary N) is 1. The molecule has 4 aromatic rings. The number of phosphoric acid groups is 1. The van der Waals surface area contributed by atoms with Crippen molar-refractivity contribution in [2.75, 3.05) is 24.7 Å². The van der Waals surface area contributed by atoms with Crippen LogP contribution in [0.5, 0.6) is 0 Å². The average Bonchev–Trinajstić information content (AvgIpc) is 3.72. The normalized spacial score (nSPS) is 37.7. The minimum atomic E-state index is -5.10. The standard InChI is InChI=1S/C20H23FN10O11P2S/c21-8-12-7(40-18(8)30-4-26-9-14(22)24-3-25-15(9)30)2-38-44(36,45)42-13-11(32)6(1-37-43(34,35)41-12)39-19(13)31-5-27-10-16(31)28-20(23)29-17(10)33/h3-8,11-13,18-19,32H,1-2H2,(H,34,35)(H,36,45)(H2,22,24,25)(H3,23,28,29,33)/t6-,7-,8+,11?,12?,13+,18-,19-,44+/m1/s1. The minimum absolute atomic E-state index is 0.0165. The smallest absolute Gasteiger partial charge is 0.387 e. The lowest BCUT2D eigenvalue weighted by molar-refractivity contribution is -0.0619. The van der Waals surface area contributed by atoms with Gasteiger partial charge in [-0.05, 0) is 0 Å². The van der Waals surface area contributed by atoms with Crippen molar-refractivity contribution in [2.45, 2.75) is 49.1 Å². The molecule has 10 atom stereocenters. The van der Waals surface area contributed by atoms with E-state index in [2.05, 4.69) is 42.2 Å². The number of nitrogens with zero attached hydrogens (tertiary/aromatic N) is 7. The molecule has 3 unspecified atom stereocenters. The van der Waals surface area contributed by atoms with E-state index >= 15 is 4.39 Å². The summed E-state index contributed by atoms with van der Waals surface area (Å²) in [7, 11) is -5.10. The highest BCUT2D eigenvalue weighted by Crippen LogP contribution is 2.58. The summed E-state index contributed by atoms with van der Waals surface area (Å²) >= 11 is 4.01. The maximum atomic E-state index is 15.9. The number of aromatic nitrogens is 8. The first-order valence-electron chi connectivity index (χ1n) is 12.9. The second-order valence-corrected chi connectivity index (χ2v) is 14.4. The van der Waals surface area contributed by atoms with Crippen LogP contribution >= 0.6 is 26.9 Å². The fourth-order valence-corrected chi connectivity index (χ4v) is 7.68. The van der Waals surface area contributed by atoms with Crippen LogP contribution in [-0.4, -0.2) is 98.9 Å². The summed E-state index contributed by atoms with van der Waals surface area (Å²) in [6.07, 6.45) is -9.63. The number of rotatable bonds is 2. The Labute approximate surface area is 254 Å². The number of fused-ring (bicyclic) bond motifs is 5. The van der Waals surface area contributed by atoms with Crippen molar-refractivity contribution in [1.29, 1.82) is 0 Å². The Morgan fingerprint density at radius 2 is 1.64 bits per heavy atom. The van der Waals surface area contributed by atoms with Gasteiger partial charge in [0.25, 0.3) is 5.56 Å². The molecule has 0 spiro atoms. The summed E-state index contributed by atoms with van der Waals surface area (Å²) in [5.41, 5.74) is 10.8. The van der Waals surface area contributed by atoms with Gasteiger partial charge < -0.3 is 30.9 Å². The Hall–Kier alpha value is -3.08. The molecule has 7 heterocycles. The number of halogens is 1. The molecule has 0 saturated carbocycles. The van der Waals surface area contributed by atoms with Crippen LogP contribution in [0, 0.1) is 0 Å². The van der Waals surface area contributed by atoms with E-state index in [0.29, 0.717) is 0 Å². The molecule has 0 aliphatic carbocycles. The van der Waals surface area contributed by atoms with Gasteiger partial charge >= 0.3 is 14.6 Å². The number of anilines is 2. The van der Waals surface area contributed by atoms with Crippen LogP contribution in [0.3, 0.4) is 0 Å². The minimum Gasteiger partial charge on any atom is -0.387 e. The number of phosphoric ester groups is 1. The van der Waals surface area contributed by atoms with Crippen molar-refractivity contribution < 1.29 is 51.1 Å². The first-order chi connectivity index (χ1) is 21.3. The summed E-state index contributed by atoms with van der Waals surface area (Å²) in [6, 6.07) is 0. The predicted octanol–water partition coefficient (Wildman–Crippen LogP) is -0.427. The zero-order valence-corrected chi connectivity index (χ0v) is 25.0. The molecule has 0 radical (unpaired) electrons. The third-order valence-corrected chi connectivity index (χ3v) is 9.88. The third kappa shape index (κ3) is 5.42. The molecule has 3 saturated heterocycles. The van der Waals surface area contributed by atoms with E-state index in [0.717, 1.165) is 12.7 Å². The van der Waals surface area contributed by atoms with Crippen molar-refractivity contribution in [3.8, 4) is 0 Å². The topological polar surface area (TPSA) is 289 Å². The fourth-order valence-electron chi connectivity index (χ4n) is 5.26. The Balaban J connectivity index is 1.21. The van der Waals surface area contributed by atoms with Crippen molar-refractivity contribution in [3.63, 3.8) is 0 Å². The highest BCUT2D eigenvalue weighted by atomic mass is 32.7. The molecule has 25 heteroatoms. The third-order valence-electron chi connectivity index (χ3n) is 7.28. The lowest BCUT2D eigenvalue weighted by atomic mass is 10.1. The number of alkyl halides is 1. The Morgan fingerprint density at radius 1 is 0.956 bits per heavy atom. The van der Waals surface area contributed by atoms with Gasteiger partial charge in [-0.25, -0.2) is 33.5 Å². The van der Waals surface area contributed by atoms with E-state index in [9.17, 15) is 23.9 Å². The average molecular weight is 692 g/mol. The summed E-state index contributed by atoms with van der Waals surface area (Å²) in [4.78, 5) is 45.1.